The summed E-state index contributed by atoms with van der Waals surface area (Å²) in [5, 5.41) is 17.5. The van der Waals surface area contributed by atoms with E-state index in [0.717, 1.165) is 40.5 Å². The molecule has 0 bridgehead atoms. The highest BCUT2D eigenvalue weighted by atomic mass is 35.5. The second-order valence-electron chi connectivity index (χ2n) is 6.86. The van der Waals surface area contributed by atoms with Gasteiger partial charge in [-0.15, -0.1) is 11.8 Å². The summed E-state index contributed by atoms with van der Waals surface area (Å²) in [5.74, 6) is 1.89. The molecule has 29 heavy (non-hydrogen) atoms. The number of nitrogens with one attached hydrogen (secondary N) is 2. The first-order valence-corrected chi connectivity index (χ1v) is 10.8. The van der Waals surface area contributed by atoms with Crippen molar-refractivity contribution in [1.82, 2.24) is 9.88 Å². The first kappa shape index (κ1) is 20.0. The second kappa shape index (κ2) is 9.00. The van der Waals surface area contributed by atoms with Crippen molar-refractivity contribution in [1.29, 1.82) is 0 Å². The Morgan fingerprint density at radius 2 is 2.07 bits per heavy atom. The molecule has 3 N–H and O–H groups in total. The highest BCUT2D eigenvalue weighted by Crippen LogP contribution is 2.29. The molecule has 0 aliphatic carbocycles. The van der Waals surface area contributed by atoms with Crippen molar-refractivity contribution in [2.45, 2.75) is 6.61 Å². The predicted molar refractivity (Wildman–Crippen MR) is 120 cm³/mol. The Labute approximate surface area is 178 Å². The molecule has 1 fully saturated rings. The Balaban J connectivity index is 1.56. The van der Waals surface area contributed by atoms with Gasteiger partial charge >= 0.3 is 0 Å². The average molecular weight is 429 g/mol. The number of aliphatic hydroxyl groups is 1. The van der Waals surface area contributed by atoms with Gasteiger partial charge in [0, 0.05) is 51.8 Å². The Bertz CT molecular complexity index is 1040. The number of carbonyl (C=O) groups excluding carboxylic acids is 1. The van der Waals surface area contributed by atoms with Crippen molar-refractivity contribution in [3.05, 3.63) is 59.2 Å². The van der Waals surface area contributed by atoms with Gasteiger partial charge in [0.25, 0.3) is 0 Å². The monoisotopic (exact) mass is 428 g/mol. The second-order valence-corrected chi connectivity index (χ2v) is 8.37. The zero-order valence-electron chi connectivity index (χ0n) is 15.7. The third-order valence-corrected chi connectivity index (χ3v) is 5.89. The van der Waals surface area contributed by atoms with Crippen LogP contribution in [-0.4, -0.2) is 45.6 Å². The maximum atomic E-state index is 12.4. The number of rotatable bonds is 6. The first-order chi connectivity index (χ1) is 14.1. The molecule has 1 amide bonds. The Hall–Kier alpha value is -2.32. The average Bonchev–Trinajstić information content (AvgIpc) is 3.20. The maximum Gasteiger partial charge on any atom is 0.238 e. The quantitative estimate of drug-likeness (QED) is 0.549. The SMILES string of the molecule is O=C(CN1CCSC1)Nc1cc(CO)cc(Nc2ccnc3cc(Cl)ccc23)c1. The Morgan fingerprint density at radius 3 is 2.86 bits per heavy atom. The molecule has 0 spiro atoms. The van der Waals surface area contributed by atoms with Gasteiger partial charge in [-0.3, -0.25) is 14.7 Å². The minimum absolute atomic E-state index is 0.0578. The lowest BCUT2D eigenvalue weighted by atomic mass is 10.1. The topological polar surface area (TPSA) is 77.5 Å². The van der Waals surface area contributed by atoms with E-state index in [4.69, 9.17) is 11.6 Å². The van der Waals surface area contributed by atoms with E-state index < -0.39 is 0 Å². The van der Waals surface area contributed by atoms with Crippen LogP contribution in [0.2, 0.25) is 5.02 Å². The molecule has 0 atom stereocenters. The fourth-order valence-corrected chi connectivity index (χ4v) is 4.45. The molecule has 0 radical (unpaired) electrons. The van der Waals surface area contributed by atoms with E-state index in [9.17, 15) is 9.90 Å². The zero-order chi connectivity index (χ0) is 20.2. The molecule has 6 nitrogen and oxygen atoms in total. The molecule has 1 aliphatic rings. The number of benzene rings is 2. The van der Waals surface area contributed by atoms with Gasteiger partial charge in [0.15, 0.2) is 0 Å². The third kappa shape index (κ3) is 5.00. The lowest BCUT2D eigenvalue weighted by Crippen LogP contribution is -2.31. The first-order valence-electron chi connectivity index (χ1n) is 9.27. The summed E-state index contributed by atoms with van der Waals surface area (Å²) in [7, 11) is 0. The van der Waals surface area contributed by atoms with Crippen LogP contribution in [0.5, 0.6) is 0 Å². The van der Waals surface area contributed by atoms with Crippen molar-refractivity contribution >= 4 is 57.2 Å². The summed E-state index contributed by atoms with van der Waals surface area (Å²) in [4.78, 5) is 18.8. The number of hydrogen-bond acceptors (Lipinski definition) is 6. The van der Waals surface area contributed by atoms with Crippen LogP contribution in [0.15, 0.2) is 48.7 Å². The van der Waals surface area contributed by atoms with Gasteiger partial charge in [0.05, 0.1) is 18.7 Å². The largest absolute Gasteiger partial charge is 0.392 e. The molecule has 1 aliphatic heterocycles. The van der Waals surface area contributed by atoms with Gasteiger partial charge in [-0.2, -0.15) is 0 Å². The molecule has 0 unspecified atom stereocenters. The minimum Gasteiger partial charge on any atom is -0.392 e. The normalized spacial score (nSPS) is 14.3. The van der Waals surface area contributed by atoms with Crippen molar-refractivity contribution in [3.63, 3.8) is 0 Å². The Kier molecular flexibility index (Phi) is 6.20. The third-order valence-electron chi connectivity index (χ3n) is 4.64. The van der Waals surface area contributed by atoms with E-state index in [0.29, 0.717) is 22.8 Å². The fourth-order valence-electron chi connectivity index (χ4n) is 3.29. The van der Waals surface area contributed by atoms with E-state index in [1.54, 1.807) is 12.3 Å². The zero-order valence-corrected chi connectivity index (χ0v) is 17.3. The van der Waals surface area contributed by atoms with Crippen LogP contribution >= 0.6 is 23.4 Å². The van der Waals surface area contributed by atoms with Crippen molar-refractivity contribution < 1.29 is 9.90 Å². The molecular formula is C21H21ClN4O2S. The number of aliphatic hydroxyl groups excluding tert-OH is 1. The molecule has 2 heterocycles. The van der Waals surface area contributed by atoms with Gasteiger partial charge < -0.3 is 15.7 Å². The molecule has 8 heteroatoms. The molecule has 1 aromatic heterocycles. The predicted octanol–water partition coefficient (Wildman–Crippen LogP) is 4.07. The number of halogens is 1. The highest BCUT2D eigenvalue weighted by Gasteiger charge is 2.16. The number of hydrogen-bond donors (Lipinski definition) is 3. The van der Waals surface area contributed by atoms with Gasteiger partial charge in [0.2, 0.25) is 5.91 Å². The van der Waals surface area contributed by atoms with E-state index in [-0.39, 0.29) is 12.5 Å². The van der Waals surface area contributed by atoms with Crippen LogP contribution in [0.4, 0.5) is 17.1 Å². The summed E-state index contributed by atoms with van der Waals surface area (Å²) in [6.45, 7) is 1.18. The lowest BCUT2D eigenvalue weighted by Gasteiger charge is -2.15. The molecule has 2 aromatic carbocycles. The van der Waals surface area contributed by atoms with Crippen LogP contribution in [0, 0.1) is 0 Å². The van der Waals surface area contributed by atoms with Crippen LogP contribution in [0.1, 0.15) is 5.56 Å². The van der Waals surface area contributed by atoms with Crippen LogP contribution in [0.25, 0.3) is 10.9 Å². The van der Waals surface area contributed by atoms with Gasteiger partial charge in [-0.05, 0) is 48.0 Å². The van der Waals surface area contributed by atoms with E-state index >= 15 is 0 Å². The summed E-state index contributed by atoms with van der Waals surface area (Å²) >= 11 is 7.90. The fraction of sp³-hybridized carbons (Fsp3) is 0.238. The van der Waals surface area contributed by atoms with Gasteiger partial charge in [-0.1, -0.05) is 11.6 Å². The number of amides is 1. The summed E-state index contributed by atoms with van der Waals surface area (Å²) in [5.41, 5.74) is 3.79. The summed E-state index contributed by atoms with van der Waals surface area (Å²) < 4.78 is 0. The van der Waals surface area contributed by atoms with E-state index in [2.05, 4.69) is 20.5 Å². The standard InChI is InChI=1S/C21H21ClN4O2S/c22-15-1-2-18-19(3-4-23-20(18)9-15)24-16-7-14(12-27)8-17(10-16)25-21(28)11-26-5-6-29-13-26/h1-4,7-10,27H,5-6,11-13H2,(H,23,24)(H,25,28). The van der Waals surface area contributed by atoms with Crippen molar-refractivity contribution in [2.24, 2.45) is 0 Å². The summed E-state index contributed by atoms with van der Waals surface area (Å²) in [6.07, 6.45) is 1.72. The van der Waals surface area contributed by atoms with Crippen LogP contribution in [0.3, 0.4) is 0 Å². The van der Waals surface area contributed by atoms with Gasteiger partial charge in [-0.25, -0.2) is 0 Å². The van der Waals surface area contributed by atoms with Crippen LogP contribution in [-0.2, 0) is 11.4 Å². The molecule has 4 rings (SSSR count). The number of nitrogens with zero attached hydrogens (tertiary/aromatic N) is 2. The molecular weight excluding hydrogens is 408 g/mol. The maximum absolute atomic E-state index is 12.4. The van der Waals surface area contributed by atoms with Crippen LogP contribution < -0.4 is 10.6 Å². The number of pyridine rings is 1. The van der Waals surface area contributed by atoms with E-state index in [1.165, 1.54) is 0 Å². The lowest BCUT2D eigenvalue weighted by molar-refractivity contribution is -0.117. The number of carbonyl (C=O) groups is 1. The van der Waals surface area contributed by atoms with Crippen molar-refractivity contribution in [2.75, 3.05) is 35.4 Å². The number of fused-ring (bicyclic) bond motifs is 1. The van der Waals surface area contributed by atoms with Crippen molar-refractivity contribution in [3.8, 4) is 0 Å². The molecule has 3 aromatic rings. The molecule has 150 valence electrons. The summed E-state index contributed by atoms with van der Waals surface area (Å²) in [6, 6.07) is 12.9. The van der Waals surface area contributed by atoms with Gasteiger partial charge in [0.1, 0.15) is 0 Å². The smallest absolute Gasteiger partial charge is 0.238 e. The minimum atomic E-state index is -0.117. The molecule has 1 saturated heterocycles. The number of thioether (sulfide) groups is 1. The van der Waals surface area contributed by atoms with E-state index in [1.807, 2.05) is 48.2 Å². The molecule has 0 saturated carbocycles. The highest BCUT2D eigenvalue weighted by molar-refractivity contribution is 7.99. The number of anilines is 3. The number of aromatic nitrogens is 1. The Morgan fingerprint density at radius 1 is 1.21 bits per heavy atom.